The monoisotopic (exact) mass is 211 g/mol. The van der Waals surface area contributed by atoms with E-state index in [-0.39, 0.29) is 5.75 Å². The van der Waals surface area contributed by atoms with Crippen molar-refractivity contribution in [2.24, 2.45) is 0 Å². The van der Waals surface area contributed by atoms with Crippen molar-refractivity contribution >= 4 is 5.69 Å². The fraction of sp³-hybridized carbons (Fsp3) is 0.200. The molecule has 1 aromatic rings. The standard InChI is InChI=1S/C10H10FNO3/c1-2-3-6-15-8-4-5-10(12(13)14)9(11)7-8/h2,4-5,7H,1,3,6H2. The van der Waals surface area contributed by atoms with Gasteiger partial charge < -0.3 is 4.74 Å². The van der Waals surface area contributed by atoms with E-state index in [9.17, 15) is 14.5 Å². The summed E-state index contributed by atoms with van der Waals surface area (Å²) in [5, 5.41) is 10.3. The first-order valence-corrected chi connectivity index (χ1v) is 4.33. The van der Waals surface area contributed by atoms with Crippen molar-refractivity contribution in [2.45, 2.75) is 6.42 Å². The van der Waals surface area contributed by atoms with Gasteiger partial charge in [0.25, 0.3) is 0 Å². The molecule has 5 heteroatoms. The molecule has 1 rings (SSSR count). The molecule has 0 spiro atoms. The number of benzene rings is 1. The van der Waals surface area contributed by atoms with Gasteiger partial charge in [0.15, 0.2) is 0 Å². The minimum Gasteiger partial charge on any atom is -0.493 e. The lowest BCUT2D eigenvalue weighted by atomic mass is 10.3. The van der Waals surface area contributed by atoms with Gasteiger partial charge in [-0.05, 0) is 12.5 Å². The molecular formula is C10H10FNO3. The molecule has 1 aromatic carbocycles. The predicted octanol–water partition coefficient (Wildman–Crippen LogP) is 2.69. The van der Waals surface area contributed by atoms with Crippen LogP contribution in [0, 0.1) is 15.9 Å². The number of hydrogen-bond acceptors (Lipinski definition) is 3. The normalized spacial score (nSPS) is 9.67. The van der Waals surface area contributed by atoms with Gasteiger partial charge >= 0.3 is 5.69 Å². The third-order valence-electron chi connectivity index (χ3n) is 1.71. The van der Waals surface area contributed by atoms with Crippen molar-refractivity contribution in [3.05, 3.63) is 46.8 Å². The molecular weight excluding hydrogens is 201 g/mol. The van der Waals surface area contributed by atoms with Crippen LogP contribution >= 0.6 is 0 Å². The highest BCUT2D eigenvalue weighted by Crippen LogP contribution is 2.22. The molecule has 0 N–H and O–H groups in total. The molecule has 0 unspecified atom stereocenters. The average molecular weight is 211 g/mol. The van der Waals surface area contributed by atoms with Gasteiger partial charge in [0.1, 0.15) is 5.75 Å². The quantitative estimate of drug-likeness (QED) is 0.325. The largest absolute Gasteiger partial charge is 0.493 e. The van der Waals surface area contributed by atoms with E-state index in [4.69, 9.17) is 4.74 Å². The van der Waals surface area contributed by atoms with Crippen LogP contribution in [0.15, 0.2) is 30.9 Å². The predicted molar refractivity (Wildman–Crippen MR) is 53.4 cm³/mol. The Hall–Kier alpha value is -1.91. The van der Waals surface area contributed by atoms with Crippen molar-refractivity contribution in [1.29, 1.82) is 0 Å². The zero-order valence-corrected chi connectivity index (χ0v) is 7.98. The fourth-order valence-electron chi connectivity index (χ4n) is 0.986. The Kier molecular flexibility index (Phi) is 3.79. The van der Waals surface area contributed by atoms with Crippen LogP contribution in [0.25, 0.3) is 0 Å². The number of halogens is 1. The van der Waals surface area contributed by atoms with E-state index in [0.29, 0.717) is 13.0 Å². The number of nitrogens with zero attached hydrogens (tertiary/aromatic N) is 1. The van der Waals surface area contributed by atoms with E-state index in [2.05, 4.69) is 6.58 Å². The van der Waals surface area contributed by atoms with Gasteiger partial charge in [-0.15, -0.1) is 6.58 Å². The summed E-state index contributed by atoms with van der Waals surface area (Å²) in [4.78, 5) is 9.53. The summed E-state index contributed by atoms with van der Waals surface area (Å²) in [5.41, 5.74) is -0.550. The maximum atomic E-state index is 13.1. The lowest BCUT2D eigenvalue weighted by Gasteiger charge is -2.03. The van der Waals surface area contributed by atoms with Gasteiger partial charge in [-0.2, -0.15) is 4.39 Å². The van der Waals surface area contributed by atoms with Crippen LogP contribution in [0.1, 0.15) is 6.42 Å². The van der Waals surface area contributed by atoms with Crippen LogP contribution in [0.4, 0.5) is 10.1 Å². The maximum absolute atomic E-state index is 13.1. The molecule has 0 radical (unpaired) electrons. The highest BCUT2D eigenvalue weighted by molar-refractivity contribution is 5.37. The third-order valence-corrected chi connectivity index (χ3v) is 1.71. The molecule has 0 saturated carbocycles. The molecule has 0 amide bonds. The Bertz CT molecular complexity index is 379. The lowest BCUT2D eigenvalue weighted by molar-refractivity contribution is -0.387. The van der Waals surface area contributed by atoms with Gasteiger partial charge in [-0.25, -0.2) is 0 Å². The molecule has 0 aromatic heterocycles. The minimum absolute atomic E-state index is 0.278. The van der Waals surface area contributed by atoms with Gasteiger partial charge in [-0.1, -0.05) is 6.08 Å². The SMILES string of the molecule is C=CCCOc1ccc([N+](=O)[O-])c(F)c1. The maximum Gasteiger partial charge on any atom is 0.305 e. The van der Waals surface area contributed by atoms with Crippen LogP contribution in [0.3, 0.4) is 0 Å². The second-order valence-electron chi connectivity index (χ2n) is 2.80. The zero-order valence-electron chi connectivity index (χ0n) is 7.98. The Labute approximate surface area is 86.1 Å². The lowest BCUT2D eigenvalue weighted by Crippen LogP contribution is -1.97. The highest BCUT2D eigenvalue weighted by atomic mass is 19.1. The highest BCUT2D eigenvalue weighted by Gasteiger charge is 2.13. The molecule has 0 aliphatic carbocycles. The Balaban J connectivity index is 2.73. The fourth-order valence-corrected chi connectivity index (χ4v) is 0.986. The van der Waals surface area contributed by atoms with Gasteiger partial charge in [0, 0.05) is 12.1 Å². The van der Waals surface area contributed by atoms with Gasteiger partial charge in [0.05, 0.1) is 11.5 Å². The first-order chi connectivity index (χ1) is 7.15. The van der Waals surface area contributed by atoms with Crippen molar-refractivity contribution in [2.75, 3.05) is 6.61 Å². The van der Waals surface area contributed by atoms with Gasteiger partial charge in [0.2, 0.25) is 5.82 Å². The van der Waals surface area contributed by atoms with Crippen LogP contribution < -0.4 is 4.74 Å². The molecule has 0 heterocycles. The van der Waals surface area contributed by atoms with Crippen molar-refractivity contribution < 1.29 is 14.1 Å². The summed E-state index contributed by atoms with van der Waals surface area (Å²) in [6.45, 7) is 3.88. The summed E-state index contributed by atoms with van der Waals surface area (Å²) < 4.78 is 18.2. The van der Waals surface area contributed by atoms with Crippen LogP contribution in [-0.2, 0) is 0 Å². The summed E-state index contributed by atoms with van der Waals surface area (Å²) in [7, 11) is 0. The van der Waals surface area contributed by atoms with E-state index < -0.39 is 16.4 Å². The first-order valence-electron chi connectivity index (χ1n) is 4.33. The molecule has 0 fully saturated rings. The zero-order chi connectivity index (χ0) is 11.3. The van der Waals surface area contributed by atoms with Crippen LogP contribution in [0.5, 0.6) is 5.75 Å². The Morgan fingerprint density at radius 3 is 2.87 bits per heavy atom. The van der Waals surface area contributed by atoms with E-state index in [1.165, 1.54) is 6.07 Å². The smallest absolute Gasteiger partial charge is 0.305 e. The number of rotatable bonds is 5. The average Bonchev–Trinajstić information content (AvgIpc) is 2.17. The van der Waals surface area contributed by atoms with Gasteiger partial charge in [-0.3, -0.25) is 10.1 Å². The first kappa shape index (κ1) is 11.2. The van der Waals surface area contributed by atoms with Crippen molar-refractivity contribution in [3.63, 3.8) is 0 Å². The van der Waals surface area contributed by atoms with E-state index in [1.54, 1.807) is 6.08 Å². The van der Waals surface area contributed by atoms with E-state index in [0.717, 1.165) is 12.1 Å². The van der Waals surface area contributed by atoms with E-state index in [1.807, 2.05) is 0 Å². The number of nitro benzene ring substituents is 1. The second-order valence-corrected chi connectivity index (χ2v) is 2.80. The second kappa shape index (κ2) is 5.09. The van der Waals surface area contributed by atoms with Crippen molar-refractivity contribution in [3.8, 4) is 5.75 Å². The minimum atomic E-state index is -0.892. The van der Waals surface area contributed by atoms with Crippen LogP contribution in [0.2, 0.25) is 0 Å². The summed E-state index contributed by atoms with van der Waals surface area (Å²) >= 11 is 0. The number of hydrogen-bond donors (Lipinski definition) is 0. The topological polar surface area (TPSA) is 52.4 Å². The summed E-state index contributed by atoms with van der Waals surface area (Å²) in [5.74, 6) is -0.615. The summed E-state index contributed by atoms with van der Waals surface area (Å²) in [6, 6.07) is 3.45. The molecule has 80 valence electrons. The molecule has 0 aliphatic rings. The van der Waals surface area contributed by atoms with E-state index >= 15 is 0 Å². The number of nitro groups is 1. The van der Waals surface area contributed by atoms with Crippen LogP contribution in [-0.4, -0.2) is 11.5 Å². The van der Waals surface area contributed by atoms with Crippen molar-refractivity contribution in [1.82, 2.24) is 0 Å². The Morgan fingerprint density at radius 2 is 2.33 bits per heavy atom. The summed E-state index contributed by atoms with van der Waals surface area (Å²) in [6.07, 6.45) is 2.31. The molecule has 0 saturated heterocycles. The molecule has 4 nitrogen and oxygen atoms in total. The number of ether oxygens (including phenoxy) is 1. The molecule has 0 bridgehead atoms. The molecule has 15 heavy (non-hydrogen) atoms. The molecule has 0 atom stereocenters. The molecule has 0 aliphatic heterocycles. The third kappa shape index (κ3) is 3.05. The Morgan fingerprint density at radius 1 is 1.60 bits per heavy atom.